The second kappa shape index (κ2) is 5.47. The minimum Gasteiger partial charge on any atom is -0.444 e. The molecule has 0 bridgehead atoms. The van der Waals surface area contributed by atoms with Gasteiger partial charge in [-0.3, -0.25) is 5.32 Å². The number of H-pyrrole nitrogens is 1. The SMILES string of the molecule is Cc1cc(-c2cnc(N)[nH]2)ccc1NC(=O)OC(C)(C)C. The Morgan fingerprint density at radius 3 is 2.62 bits per heavy atom. The quantitative estimate of drug-likeness (QED) is 0.790. The molecule has 1 aromatic carbocycles. The van der Waals surface area contributed by atoms with E-state index in [0.717, 1.165) is 16.8 Å². The first-order valence-electron chi connectivity index (χ1n) is 6.66. The topological polar surface area (TPSA) is 93.0 Å². The van der Waals surface area contributed by atoms with Crippen LogP contribution in [0.1, 0.15) is 26.3 Å². The summed E-state index contributed by atoms with van der Waals surface area (Å²) >= 11 is 0. The lowest BCUT2D eigenvalue weighted by molar-refractivity contribution is 0.0636. The number of ether oxygens (including phenoxy) is 1. The fraction of sp³-hybridized carbons (Fsp3) is 0.333. The number of nitrogens with two attached hydrogens (primary N) is 1. The van der Waals surface area contributed by atoms with E-state index in [2.05, 4.69) is 15.3 Å². The summed E-state index contributed by atoms with van der Waals surface area (Å²) in [5, 5.41) is 2.74. The van der Waals surface area contributed by atoms with Crippen LogP contribution in [0.2, 0.25) is 0 Å². The Morgan fingerprint density at radius 1 is 1.38 bits per heavy atom. The Bertz CT molecular complexity index is 656. The lowest BCUT2D eigenvalue weighted by atomic mass is 10.1. The van der Waals surface area contributed by atoms with Crippen LogP contribution in [0.25, 0.3) is 11.3 Å². The maximum Gasteiger partial charge on any atom is 0.412 e. The zero-order chi connectivity index (χ0) is 15.6. The Hall–Kier alpha value is -2.50. The van der Waals surface area contributed by atoms with E-state index in [1.165, 1.54) is 0 Å². The average Bonchev–Trinajstić information content (AvgIpc) is 2.76. The van der Waals surface area contributed by atoms with E-state index in [0.29, 0.717) is 11.6 Å². The second-order valence-electron chi connectivity index (χ2n) is 5.84. The molecule has 6 heteroatoms. The number of carbonyl (C=O) groups is 1. The molecule has 1 amide bonds. The van der Waals surface area contributed by atoms with Crippen LogP contribution in [0.15, 0.2) is 24.4 Å². The molecule has 0 saturated heterocycles. The molecule has 1 aromatic heterocycles. The minimum atomic E-state index is -0.522. The lowest BCUT2D eigenvalue weighted by Gasteiger charge is -2.20. The number of amides is 1. The van der Waals surface area contributed by atoms with Crippen LogP contribution in [0.4, 0.5) is 16.4 Å². The van der Waals surface area contributed by atoms with Gasteiger partial charge >= 0.3 is 6.09 Å². The van der Waals surface area contributed by atoms with Gasteiger partial charge in [-0.05, 0) is 45.4 Å². The number of rotatable bonds is 2. The standard InChI is InChI=1S/C15H20N4O2/c1-9-7-10(12-8-17-13(16)18-12)5-6-11(9)19-14(20)21-15(2,3)4/h5-8H,1-4H3,(H,19,20)(H3,16,17,18). The molecule has 0 unspecified atom stereocenters. The maximum absolute atomic E-state index is 11.8. The Balaban J connectivity index is 2.15. The molecule has 0 atom stereocenters. The minimum absolute atomic E-state index is 0.374. The maximum atomic E-state index is 11.8. The van der Waals surface area contributed by atoms with Crippen LogP contribution in [-0.4, -0.2) is 21.7 Å². The highest BCUT2D eigenvalue weighted by atomic mass is 16.6. The molecule has 0 aliphatic rings. The number of aromatic nitrogens is 2. The molecule has 0 spiro atoms. The van der Waals surface area contributed by atoms with E-state index in [1.807, 2.05) is 45.9 Å². The summed E-state index contributed by atoms with van der Waals surface area (Å²) in [6.07, 6.45) is 1.20. The van der Waals surface area contributed by atoms with Crippen molar-refractivity contribution in [1.82, 2.24) is 9.97 Å². The number of aryl methyl sites for hydroxylation is 1. The van der Waals surface area contributed by atoms with Gasteiger partial charge in [-0.2, -0.15) is 0 Å². The molecule has 2 aromatic rings. The van der Waals surface area contributed by atoms with Gasteiger partial charge in [0.25, 0.3) is 0 Å². The van der Waals surface area contributed by atoms with Crippen LogP contribution in [0, 0.1) is 6.92 Å². The summed E-state index contributed by atoms with van der Waals surface area (Å²) in [7, 11) is 0. The lowest BCUT2D eigenvalue weighted by Crippen LogP contribution is -2.27. The molecule has 0 radical (unpaired) electrons. The predicted molar refractivity (Wildman–Crippen MR) is 83.0 cm³/mol. The summed E-state index contributed by atoms with van der Waals surface area (Å²) in [5.41, 5.74) is 8.46. The van der Waals surface area contributed by atoms with E-state index < -0.39 is 11.7 Å². The van der Waals surface area contributed by atoms with Crippen LogP contribution in [0.5, 0.6) is 0 Å². The smallest absolute Gasteiger partial charge is 0.412 e. The number of imidazole rings is 1. The average molecular weight is 288 g/mol. The summed E-state index contributed by atoms with van der Waals surface area (Å²) in [5.74, 6) is 0.374. The second-order valence-corrected chi connectivity index (χ2v) is 5.84. The summed E-state index contributed by atoms with van der Waals surface area (Å²) < 4.78 is 5.23. The highest BCUT2D eigenvalue weighted by molar-refractivity contribution is 5.86. The van der Waals surface area contributed by atoms with Crippen LogP contribution in [0.3, 0.4) is 0 Å². The molecule has 2 rings (SSSR count). The first-order valence-corrected chi connectivity index (χ1v) is 6.66. The Morgan fingerprint density at radius 2 is 2.10 bits per heavy atom. The zero-order valence-electron chi connectivity index (χ0n) is 12.7. The molecular formula is C15H20N4O2. The molecule has 4 N–H and O–H groups in total. The van der Waals surface area contributed by atoms with Crippen molar-refractivity contribution < 1.29 is 9.53 Å². The number of nitrogen functional groups attached to an aromatic ring is 1. The van der Waals surface area contributed by atoms with E-state index in [-0.39, 0.29) is 0 Å². The summed E-state index contributed by atoms with van der Waals surface area (Å²) in [6.45, 7) is 7.39. The highest BCUT2D eigenvalue weighted by Gasteiger charge is 2.16. The Labute approximate surface area is 123 Å². The van der Waals surface area contributed by atoms with Crippen molar-refractivity contribution in [2.75, 3.05) is 11.1 Å². The monoisotopic (exact) mass is 288 g/mol. The molecule has 0 aliphatic heterocycles. The van der Waals surface area contributed by atoms with Gasteiger partial charge in [-0.25, -0.2) is 9.78 Å². The largest absolute Gasteiger partial charge is 0.444 e. The summed E-state index contributed by atoms with van der Waals surface area (Å²) in [6, 6.07) is 5.65. The number of anilines is 2. The molecule has 0 fully saturated rings. The fourth-order valence-electron chi connectivity index (χ4n) is 1.87. The van der Waals surface area contributed by atoms with E-state index >= 15 is 0 Å². The van der Waals surface area contributed by atoms with Gasteiger partial charge in [-0.1, -0.05) is 6.07 Å². The third kappa shape index (κ3) is 3.98. The molecular weight excluding hydrogens is 268 g/mol. The first-order chi connectivity index (χ1) is 9.74. The fourth-order valence-corrected chi connectivity index (χ4v) is 1.87. The van der Waals surface area contributed by atoms with Crippen molar-refractivity contribution in [3.63, 3.8) is 0 Å². The van der Waals surface area contributed by atoms with E-state index in [4.69, 9.17) is 10.5 Å². The van der Waals surface area contributed by atoms with E-state index in [9.17, 15) is 4.79 Å². The van der Waals surface area contributed by atoms with Gasteiger partial charge in [0.15, 0.2) is 5.95 Å². The predicted octanol–water partition coefficient (Wildman–Crippen LogP) is 3.31. The molecule has 0 aliphatic carbocycles. The number of benzene rings is 1. The molecule has 1 heterocycles. The van der Waals surface area contributed by atoms with Crippen molar-refractivity contribution in [1.29, 1.82) is 0 Å². The number of hydrogen-bond donors (Lipinski definition) is 3. The van der Waals surface area contributed by atoms with Gasteiger partial charge in [0.2, 0.25) is 0 Å². The number of nitrogens with one attached hydrogen (secondary N) is 2. The van der Waals surface area contributed by atoms with Gasteiger partial charge in [0.1, 0.15) is 5.60 Å². The molecule has 0 saturated carbocycles. The zero-order valence-corrected chi connectivity index (χ0v) is 12.7. The third-order valence-electron chi connectivity index (χ3n) is 2.77. The third-order valence-corrected chi connectivity index (χ3v) is 2.77. The van der Waals surface area contributed by atoms with Gasteiger partial charge in [0.05, 0.1) is 11.9 Å². The summed E-state index contributed by atoms with van der Waals surface area (Å²) in [4.78, 5) is 18.7. The van der Waals surface area contributed by atoms with Crippen molar-refractivity contribution in [2.45, 2.75) is 33.3 Å². The van der Waals surface area contributed by atoms with Crippen molar-refractivity contribution >= 4 is 17.7 Å². The van der Waals surface area contributed by atoms with Gasteiger partial charge < -0.3 is 15.5 Å². The van der Waals surface area contributed by atoms with Gasteiger partial charge in [0, 0.05) is 11.3 Å². The molecule has 21 heavy (non-hydrogen) atoms. The number of hydrogen-bond acceptors (Lipinski definition) is 4. The van der Waals surface area contributed by atoms with Crippen LogP contribution in [-0.2, 0) is 4.74 Å². The molecule has 112 valence electrons. The van der Waals surface area contributed by atoms with Crippen molar-refractivity contribution in [2.24, 2.45) is 0 Å². The van der Waals surface area contributed by atoms with Crippen LogP contribution < -0.4 is 11.1 Å². The number of aromatic amines is 1. The van der Waals surface area contributed by atoms with Gasteiger partial charge in [-0.15, -0.1) is 0 Å². The van der Waals surface area contributed by atoms with Crippen LogP contribution >= 0.6 is 0 Å². The molecule has 6 nitrogen and oxygen atoms in total. The van der Waals surface area contributed by atoms with Crippen molar-refractivity contribution in [3.8, 4) is 11.3 Å². The number of carbonyl (C=O) groups excluding carboxylic acids is 1. The van der Waals surface area contributed by atoms with Crippen molar-refractivity contribution in [3.05, 3.63) is 30.0 Å². The Kier molecular flexibility index (Phi) is 3.88. The highest BCUT2D eigenvalue weighted by Crippen LogP contribution is 2.24. The van der Waals surface area contributed by atoms with E-state index in [1.54, 1.807) is 6.20 Å². The number of nitrogens with zero attached hydrogens (tertiary/aromatic N) is 1. The normalized spacial score (nSPS) is 11.2. The first kappa shape index (κ1) is 14.9.